The summed E-state index contributed by atoms with van der Waals surface area (Å²) in [7, 11) is 1.71. The number of benzene rings is 1. The Balaban J connectivity index is 2.27. The van der Waals surface area contributed by atoms with Crippen molar-refractivity contribution < 1.29 is 4.74 Å². The summed E-state index contributed by atoms with van der Waals surface area (Å²) in [5.74, 6) is 1.37. The molecule has 0 spiro atoms. The number of rotatable bonds is 6. The van der Waals surface area contributed by atoms with Crippen LogP contribution in [0.2, 0.25) is 0 Å². The zero-order valence-corrected chi connectivity index (χ0v) is 13.2. The van der Waals surface area contributed by atoms with Crippen LogP contribution in [0.3, 0.4) is 0 Å². The van der Waals surface area contributed by atoms with Gasteiger partial charge in [0.25, 0.3) is 0 Å². The number of thiazole rings is 1. The normalized spacial score (nSPS) is 11.1. The Morgan fingerprint density at radius 2 is 2.05 bits per heavy atom. The number of para-hydroxylation sites is 1. The van der Waals surface area contributed by atoms with Crippen LogP contribution in [0, 0.1) is 0 Å². The average Bonchev–Trinajstić information content (AvgIpc) is 2.83. The number of hydrogen-bond donors (Lipinski definition) is 1. The van der Waals surface area contributed by atoms with Gasteiger partial charge in [0.15, 0.2) is 0 Å². The fourth-order valence-electron chi connectivity index (χ4n) is 2.26. The van der Waals surface area contributed by atoms with Crippen LogP contribution in [-0.2, 0) is 12.8 Å². The maximum Gasteiger partial charge on any atom is 0.122 e. The highest BCUT2D eigenvalue weighted by molar-refractivity contribution is 7.11. The van der Waals surface area contributed by atoms with Crippen molar-refractivity contribution in [2.24, 2.45) is 5.73 Å². The van der Waals surface area contributed by atoms with Crippen LogP contribution in [0.25, 0.3) is 0 Å². The molecular weight excluding hydrogens is 268 g/mol. The molecule has 0 aliphatic carbocycles. The topological polar surface area (TPSA) is 48.1 Å². The fraction of sp³-hybridized carbons (Fsp3) is 0.438. The number of nitrogens with zero attached hydrogens (tertiary/aromatic N) is 1. The van der Waals surface area contributed by atoms with E-state index in [1.165, 1.54) is 16.1 Å². The molecule has 0 saturated heterocycles. The zero-order chi connectivity index (χ0) is 14.5. The van der Waals surface area contributed by atoms with E-state index in [0.717, 1.165) is 23.6 Å². The van der Waals surface area contributed by atoms with Gasteiger partial charge in [-0.3, -0.25) is 0 Å². The minimum atomic E-state index is 0.444. The van der Waals surface area contributed by atoms with Gasteiger partial charge in [-0.25, -0.2) is 4.98 Å². The minimum absolute atomic E-state index is 0.444. The molecule has 1 aromatic carbocycles. The molecule has 2 aromatic rings. The maximum atomic E-state index is 5.70. The molecule has 2 N–H and O–H groups in total. The van der Waals surface area contributed by atoms with Crippen LogP contribution < -0.4 is 10.5 Å². The SMILES string of the molecule is COc1ccccc1Cc1nc(C(C)C)c(CCN)s1. The second-order valence-corrected chi connectivity index (χ2v) is 6.27. The Bertz CT molecular complexity index is 563. The van der Waals surface area contributed by atoms with Gasteiger partial charge < -0.3 is 10.5 Å². The van der Waals surface area contributed by atoms with E-state index in [1.54, 1.807) is 18.4 Å². The van der Waals surface area contributed by atoms with Gasteiger partial charge in [-0.15, -0.1) is 11.3 Å². The van der Waals surface area contributed by atoms with Crippen LogP contribution in [0.5, 0.6) is 5.75 Å². The summed E-state index contributed by atoms with van der Waals surface area (Å²) in [6.45, 7) is 5.04. The van der Waals surface area contributed by atoms with Gasteiger partial charge in [-0.1, -0.05) is 32.0 Å². The van der Waals surface area contributed by atoms with Crippen LogP contribution in [-0.4, -0.2) is 18.6 Å². The number of nitrogens with two attached hydrogens (primary N) is 1. The molecule has 2 rings (SSSR count). The van der Waals surface area contributed by atoms with Crippen molar-refractivity contribution in [3.63, 3.8) is 0 Å². The highest BCUT2D eigenvalue weighted by Gasteiger charge is 2.15. The van der Waals surface area contributed by atoms with Gasteiger partial charge in [0.05, 0.1) is 17.8 Å². The van der Waals surface area contributed by atoms with Gasteiger partial charge in [-0.05, 0) is 24.9 Å². The van der Waals surface area contributed by atoms with Gasteiger partial charge in [-0.2, -0.15) is 0 Å². The van der Waals surface area contributed by atoms with E-state index in [0.29, 0.717) is 12.5 Å². The largest absolute Gasteiger partial charge is 0.496 e. The summed E-state index contributed by atoms with van der Waals surface area (Å²) in [5.41, 5.74) is 8.07. The minimum Gasteiger partial charge on any atom is -0.496 e. The summed E-state index contributed by atoms with van der Waals surface area (Å²) in [5, 5.41) is 1.14. The molecular formula is C16H22N2OS. The second-order valence-electron chi connectivity index (χ2n) is 5.10. The van der Waals surface area contributed by atoms with Crippen LogP contribution in [0.1, 0.15) is 40.9 Å². The molecule has 0 amide bonds. The Kier molecular flexibility index (Phi) is 5.15. The van der Waals surface area contributed by atoms with Gasteiger partial charge in [0.2, 0.25) is 0 Å². The Morgan fingerprint density at radius 1 is 1.30 bits per heavy atom. The van der Waals surface area contributed by atoms with Crippen molar-refractivity contribution in [1.82, 2.24) is 4.98 Å². The van der Waals surface area contributed by atoms with Crippen molar-refractivity contribution in [1.29, 1.82) is 0 Å². The van der Waals surface area contributed by atoms with Gasteiger partial charge >= 0.3 is 0 Å². The Labute approximate surface area is 124 Å². The number of hydrogen-bond acceptors (Lipinski definition) is 4. The summed E-state index contributed by atoms with van der Waals surface area (Å²) in [6, 6.07) is 8.12. The molecule has 0 unspecified atom stereocenters. The first-order valence-electron chi connectivity index (χ1n) is 6.96. The predicted molar refractivity (Wildman–Crippen MR) is 84.8 cm³/mol. The van der Waals surface area contributed by atoms with Crippen molar-refractivity contribution in [3.05, 3.63) is 45.4 Å². The first-order valence-corrected chi connectivity index (χ1v) is 7.77. The average molecular weight is 290 g/mol. The maximum absolute atomic E-state index is 5.70. The molecule has 3 nitrogen and oxygen atoms in total. The van der Waals surface area contributed by atoms with E-state index in [1.807, 2.05) is 18.2 Å². The lowest BCUT2D eigenvalue weighted by Crippen LogP contribution is -2.04. The standard InChI is InChI=1S/C16H22N2OS/c1-11(2)16-14(8-9-17)20-15(18-16)10-12-6-4-5-7-13(12)19-3/h4-7,11H,8-10,17H2,1-3H3. The summed E-state index contributed by atoms with van der Waals surface area (Å²) >= 11 is 1.78. The molecule has 0 radical (unpaired) electrons. The molecule has 0 atom stereocenters. The third-order valence-corrected chi connectivity index (χ3v) is 4.36. The van der Waals surface area contributed by atoms with E-state index < -0.39 is 0 Å². The van der Waals surface area contributed by atoms with Gasteiger partial charge in [0, 0.05) is 16.9 Å². The van der Waals surface area contributed by atoms with E-state index in [2.05, 4.69) is 19.9 Å². The lowest BCUT2D eigenvalue weighted by atomic mass is 10.1. The van der Waals surface area contributed by atoms with Crippen molar-refractivity contribution >= 4 is 11.3 Å². The molecule has 4 heteroatoms. The van der Waals surface area contributed by atoms with E-state index in [9.17, 15) is 0 Å². The van der Waals surface area contributed by atoms with E-state index in [-0.39, 0.29) is 0 Å². The summed E-state index contributed by atoms with van der Waals surface area (Å²) in [4.78, 5) is 6.13. The molecule has 0 aliphatic heterocycles. The number of aromatic nitrogens is 1. The second kappa shape index (κ2) is 6.86. The smallest absolute Gasteiger partial charge is 0.122 e. The van der Waals surface area contributed by atoms with E-state index >= 15 is 0 Å². The monoisotopic (exact) mass is 290 g/mol. The summed E-state index contributed by atoms with van der Waals surface area (Å²) in [6.07, 6.45) is 1.73. The highest BCUT2D eigenvalue weighted by atomic mass is 32.1. The van der Waals surface area contributed by atoms with Crippen molar-refractivity contribution in [2.75, 3.05) is 13.7 Å². The summed E-state index contributed by atoms with van der Waals surface area (Å²) < 4.78 is 5.41. The van der Waals surface area contributed by atoms with Crippen LogP contribution >= 0.6 is 11.3 Å². The third-order valence-electron chi connectivity index (χ3n) is 3.22. The number of ether oxygens (including phenoxy) is 1. The quantitative estimate of drug-likeness (QED) is 0.887. The molecule has 0 aliphatic rings. The molecule has 0 fully saturated rings. The predicted octanol–water partition coefficient (Wildman–Crippen LogP) is 3.37. The third kappa shape index (κ3) is 3.38. The van der Waals surface area contributed by atoms with E-state index in [4.69, 9.17) is 15.5 Å². The zero-order valence-electron chi connectivity index (χ0n) is 12.3. The fourth-order valence-corrected chi connectivity index (χ4v) is 3.52. The first-order chi connectivity index (χ1) is 9.65. The lowest BCUT2D eigenvalue weighted by molar-refractivity contribution is 0.410. The molecule has 1 heterocycles. The Hall–Kier alpha value is -1.39. The molecule has 20 heavy (non-hydrogen) atoms. The molecule has 108 valence electrons. The van der Waals surface area contributed by atoms with Crippen LogP contribution in [0.4, 0.5) is 0 Å². The number of methoxy groups -OCH3 is 1. The van der Waals surface area contributed by atoms with Crippen LogP contribution in [0.15, 0.2) is 24.3 Å². The van der Waals surface area contributed by atoms with Crippen molar-refractivity contribution in [2.45, 2.75) is 32.6 Å². The molecule has 0 saturated carbocycles. The van der Waals surface area contributed by atoms with Gasteiger partial charge in [0.1, 0.15) is 5.75 Å². The first kappa shape index (κ1) is 15.0. The van der Waals surface area contributed by atoms with Crippen molar-refractivity contribution in [3.8, 4) is 5.75 Å². The molecule has 1 aromatic heterocycles. The molecule has 0 bridgehead atoms. The lowest BCUT2D eigenvalue weighted by Gasteiger charge is -2.06. The Morgan fingerprint density at radius 3 is 2.70 bits per heavy atom. The highest BCUT2D eigenvalue weighted by Crippen LogP contribution is 2.29.